The van der Waals surface area contributed by atoms with Gasteiger partial charge >= 0.3 is 42.6 Å². The number of alkyl halides is 12. The van der Waals surface area contributed by atoms with Crippen molar-refractivity contribution in [1.29, 1.82) is 0 Å². The van der Waals surface area contributed by atoms with Crippen molar-refractivity contribution in [3.8, 4) is 11.5 Å². The molecule has 1 fully saturated rings. The molecule has 2 aromatic rings. The number of carbonyl (C=O) groups is 3. The number of rotatable bonds is 13. The lowest BCUT2D eigenvalue weighted by molar-refractivity contribution is -0.169. The highest BCUT2D eigenvalue weighted by atomic mass is 19.4. The Morgan fingerprint density at radius 3 is 1.27 bits per heavy atom. The second-order valence-electron chi connectivity index (χ2n) is 10.4. The lowest BCUT2D eigenvalue weighted by Crippen LogP contribution is -2.42. The highest BCUT2D eigenvalue weighted by Crippen LogP contribution is 2.39. The third-order valence-electron chi connectivity index (χ3n) is 6.45. The third kappa shape index (κ3) is 13.6. The molecule has 0 atom stereocenters. The van der Waals surface area contributed by atoms with Gasteiger partial charge in [0.1, 0.15) is 24.7 Å². The molecule has 0 bridgehead atoms. The van der Waals surface area contributed by atoms with E-state index in [2.05, 4.69) is 0 Å². The molecule has 1 heterocycles. The van der Waals surface area contributed by atoms with Gasteiger partial charge in [-0.15, -0.1) is 0 Å². The Hall–Kier alpha value is -4.47. The number of carbonyl (C=O) groups excluding carboxylic acids is 3. The zero-order chi connectivity index (χ0) is 38.2. The van der Waals surface area contributed by atoms with E-state index >= 15 is 0 Å². The molecule has 1 aliphatic rings. The second-order valence-corrected chi connectivity index (χ2v) is 10.4. The molecule has 3 rings (SSSR count). The molecular formula is C29H25F12NO9. The van der Waals surface area contributed by atoms with E-state index in [1.54, 1.807) is 4.90 Å². The van der Waals surface area contributed by atoms with Crippen LogP contribution in [-0.2, 0) is 58.0 Å². The van der Waals surface area contributed by atoms with Crippen LogP contribution in [0, 0.1) is 0 Å². The van der Waals surface area contributed by atoms with Crippen LogP contribution in [0.2, 0.25) is 0 Å². The van der Waals surface area contributed by atoms with Gasteiger partial charge in [-0.1, -0.05) is 0 Å². The Bertz CT molecular complexity index is 1360. The smallest absolute Gasteiger partial charge is 0.416 e. The van der Waals surface area contributed by atoms with Gasteiger partial charge in [-0.05, 0) is 36.4 Å². The van der Waals surface area contributed by atoms with E-state index in [0.29, 0.717) is 13.1 Å². The molecular weight excluding hydrogens is 734 g/mol. The Balaban J connectivity index is 1.64. The van der Waals surface area contributed by atoms with E-state index in [1.165, 1.54) is 0 Å². The maximum absolute atomic E-state index is 13.1. The number of esters is 3. The minimum absolute atomic E-state index is 0.174. The van der Waals surface area contributed by atoms with Crippen molar-refractivity contribution in [3.63, 3.8) is 0 Å². The Kier molecular flexibility index (Phi) is 13.4. The fraction of sp³-hybridized carbons (Fsp3) is 0.483. The highest BCUT2D eigenvalue weighted by Gasteiger charge is 2.38. The van der Waals surface area contributed by atoms with Gasteiger partial charge in [-0.2, -0.15) is 52.7 Å². The second kappa shape index (κ2) is 16.7. The minimum atomic E-state index is -5.21. The summed E-state index contributed by atoms with van der Waals surface area (Å²) in [5.74, 6) is -5.74. The topological polar surface area (TPSA) is 110 Å². The molecule has 10 nitrogen and oxygen atoms in total. The van der Waals surface area contributed by atoms with Crippen LogP contribution < -0.4 is 9.47 Å². The average Bonchev–Trinajstić information content (AvgIpc) is 3.02. The molecule has 22 heteroatoms. The van der Waals surface area contributed by atoms with Gasteiger partial charge in [0.05, 0.1) is 42.0 Å². The van der Waals surface area contributed by atoms with Crippen LogP contribution in [0.4, 0.5) is 52.7 Å². The number of hydrogen-bond acceptors (Lipinski definition) is 10. The molecule has 0 amide bonds. The molecule has 0 saturated carbocycles. The van der Waals surface area contributed by atoms with Crippen LogP contribution in [0.5, 0.6) is 11.5 Å². The molecule has 0 N–H and O–H groups in total. The molecule has 0 spiro atoms. The average molecular weight is 759 g/mol. The van der Waals surface area contributed by atoms with Crippen LogP contribution >= 0.6 is 0 Å². The van der Waals surface area contributed by atoms with E-state index in [0.717, 1.165) is 0 Å². The van der Waals surface area contributed by atoms with Gasteiger partial charge in [0.25, 0.3) is 0 Å². The minimum Gasteiger partial charge on any atom is -0.482 e. The number of benzene rings is 2. The van der Waals surface area contributed by atoms with Crippen molar-refractivity contribution in [2.75, 3.05) is 59.3 Å². The zero-order valence-corrected chi connectivity index (χ0v) is 25.6. The van der Waals surface area contributed by atoms with Gasteiger partial charge < -0.3 is 28.4 Å². The van der Waals surface area contributed by atoms with E-state index in [4.69, 9.17) is 28.4 Å². The summed E-state index contributed by atoms with van der Waals surface area (Å²) in [4.78, 5) is 38.6. The quantitative estimate of drug-likeness (QED) is 0.147. The monoisotopic (exact) mass is 759 g/mol. The Morgan fingerprint density at radius 2 is 0.941 bits per heavy atom. The van der Waals surface area contributed by atoms with Crippen LogP contribution in [0.3, 0.4) is 0 Å². The predicted molar refractivity (Wildman–Crippen MR) is 143 cm³/mol. The van der Waals surface area contributed by atoms with Crippen molar-refractivity contribution in [3.05, 3.63) is 58.7 Å². The predicted octanol–water partition coefficient (Wildman–Crippen LogP) is 5.55. The summed E-state index contributed by atoms with van der Waals surface area (Å²) in [6.07, 6.45) is -22.5. The fourth-order valence-electron chi connectivity index (χ4n) is 4.04. The lowest BCUT2D eigenvalue weighted by Gasteiger charge is -2.26. The lowest BCUT2D eigenvalue weighted by atomic mass is 10.1. The first-order chi connectivity index (χ1) is 23.5. The zero-order valence-electron chi connectivity index (χ0n) is 25.6. The number of halogens is 12. The molecule has 0 aliphatic carbocycles. The van der Waals surface area contributed by atoms with E-state index in [-0.39, 0.29) is 56.2 Å². The summed E-state index contributed by atoms with van der Waals surface area (Å²) in [5, 5.41) is 0. The van der Waals surface area contributed by atoms with Gasteiger partial charge in [0, 0.05) is 13.1 Å². The summed E-state index contributed by atoms with van der Waals surface area (Å²) in [5.41, 5.74) is -6.92. The van der Waals surface area contributed by atoms with Gasteiger partial charge in [-0.25, -0.2) is 9.59 Å². The highest BCUT2D eigenvalue weighted by molar-refractivity contribution is 5.73. The molecule has 284 valence electrons. The maximum atomic E-state index is 13.1. The van der Waals surface area contributed by atoms with Crippen LogP contribution in [0.25, 0.3) is 0 Å². The summed E-state index contributed by atoms with van der Waals surface area (Å²) in [7, 11) is 0. The molecule has 0 unspecified atom stereocenters. The summed E-state index contributed by atoms with van der Waals surface area (Å²) < 4.78 is 186. The normalized spacial score (nSPS) is 14.6. The largest absolute Gasteiger partial charge is 0.482 e. The maximum Gasteiger partial charge on any atom is 0.416 e. The third-order valence-corrected chi connectivity index (χ3v) is 6.45. The molecule has 0 radical (unpaired) electrons. The standard InChI is InChI=1S/C29H25F12NO9/c30-26(31,32)16-5-17(27(33,34)35)8-20(7-16)47-14-24(44)49-12-22(51-23(43)11-42-1-3-46-4-2-42)13-50-25(45)15-48-21-9-18(28(36,37)38)6-19(10-21)29(39,40)41/h5-10,22H,1-4,11-15H2. The van der Waals surface area contributed by atoms with Gasteiger partial charge in [0.2, 0.25) is 0 Å². The Morgan fingerprint density at radius 1 is 0.588 bits per heavy atom. The SMILES string of the molecule is O=C(COc1cc(C(F)(F)F)cc(C(F)(F)F)c1)OCC(COC(=O)COc1cc(C(F)(F)F)cc(C(F)(F)F)c1)OC(=O)CN1CCOCC1. The van der Waals surface area contributed by atoms with E-state index in [9.17, 15) is 67.1 Å². The van der Waals surface area contributed by atoms with Crippen molar-refractivity contribution in [2.24, 2.45) is 0 Å². The Labute approximate surface area is 279 Å². The molecule has 2 aromatic carbocycles. The van der Waals surface area contributed by atoms with Crippen molar-refractivity contribution < 1.29 is 95.5 Å². The molecule has 51 heavy (non-hydrogen) atoms. The molecule has 1 saturated heterocycles. The van der Waals surface area contributed by atoms with E-state index < -0.39 is 109 Å². The van der Waals surface area contributed by atoms with Crippen molar-refractivity contribution >= 4 is 17.9 Å². The van der Waals surface area contributed by atoms with Crippen LogP contribution in [0.1, 0.15) is 22.3 Å². The van der Waals surface area contributed by atoms with Crippen LogP contribution in [-0.4, -0.2) is 88.2 Å². The molecule has 0 aromatic heterocycles. The number of nitrogens with zero attached hydrogens (tertiary/aromatic N) is 1. The van der Waals surface area contributed by atoms with Crippen LogP contribution in [0.15, 0.2) is 36.4 Å². The fourth-order valence-corrected chi connectivity index (χ4v) is 4.04. The van der Waals surface area contributed by atoms with E-state index in [1.807, 2.05) is 0 Å². The first-order valence-electron chi connectivity index (χ1n) is 14.2. The van der Waals surface area contributed by atoms with Crippen molar-refractivity contribution in [1.82, 2.24) is 4.90 Å². The first kappa shape index (κ1) is 41.0. The summed E-state index contributed by atoms with van der Waals surface area (Å²) in [6, 6.07) is 0.444. The summed E-state index contributed by atoms with van der Waals surface area (Å²) >= 11 is 0. The first-order valence-corrected chi connectivity index (χ1v) is 14.2. The molecule has 1 aliphatic heterocycles. The van der Waals surface area contributed by atoms with Crippen molar-refractivity contribution in [2.45, 2.75) is 30.8 Å². The van der Waals surface area contributed by atoms with Gasteiger partial charge in [-0.3, -0.25) is 9.69 Å². The number of ether oxygens (including phenoxy) is 6. The van der Waals surface area contributed by atoms with Gasteiger partial charge in [0.15, 0.2) is 19.3 Å². The summed E-state index contributed by atoms with van der Waals surface area (Å²) in [6.45, 7) is -3.48. The number of hydrogen-bond donors (Lipinski definition) is 0. The number of morpholine rings is 1.